The number of benzene rings is 1. The lowest BCUT2D eigenvalue weighted by Crippen LogP contribution is -2.46. The molecule has 1 aromatic heterocycles. The van der Waals surface area contributed by atoms with Crippen molar-refractivity contribution in [2.45, 2.75) is 13.0 Å². The Balaban J connectivity index is 1.45. The highest BCUT2D eigenvalue weighted by Gasteiger charge is 2.17. The lowest BCUT2D eigenvalue weighted by Gasteiger charge is -2.34. The fraction of sp³-hybridized carbons (Fsp3) is 0.389. The summed E-state index contributed by atoms with van der Waals surface area (Å²) in [5.74, 6) is -0.356. The van der Waals surface area contributed by atoms with Gasteiger partial charge >= 0.3 is 0 Å². The summed E-state index contributed by atoms with van der Waals surface area (Å²) >= 11 is 1.84. The van der Waals surface area contributed by atoms with Crippen molar-refractivity contribution < 1.29 is 4.79 Å². The number of nitrogens with two attached hydrogens (primary N) is 1. The molecule has 122 valence electrons. The first-order chi connectivity index (χ1) is 11.2. The van der Waals surface area contributed by atoms with Crippen LogP contribution in [0, 0.1) is 0 Å². The van der Waals surface area contributed by atoms with Crippen LogP contribution < -0.4 is 5.73 Å². The van der Waals surface area contributed by atoms with Gasteiger partial charge in [-0.1, -0.05) is 18.2 Å². The number of piperazine rings is 1. The number of primary amides is 1. The summed E-state index contributed by atoms with van der Waals surface area (Å²) in [7, 11) is 0. The van der Waals surface area contributed by atoms with Crippen LogP contribution in [0.15, 0.2) is 41.8 Å². The van der Waals surface area contributed by atoms with Crippen LogP contribution >= 0.6 is 11.3 Å². The van der Waals surface area contributed by atoms with Crippen LogP contribution in [-0.4, -0.2) is 48.4 Å². The van der Waals surface area contributed by atoms with Crippen molar-refractivity contribution in [1.29, 1.82) is 0 Å². The molecule has 0 bridgehead atoms. The maximum Gasteiger partial charge on any atom is 0.248 e. The third-order valence-electron chi connectivity index (χ3n) is 4.34. The zero-order valence-electron chi connectivity index (χ0n) is 13.3. The van der Waals surface area contributed by atoms with Gasteiger partial charge in [0.15, 0.2) is 0 Å². The molecule has 2 N–H and O–H groups in total. The molecule has 0 unspecified atom stereocenters. The number of hydrogen-bond acceptors (Lipinski definition) is 4. The van der Waals surface area contributed by atoms with Gasteiger partial charge in [0, 0.05) is 49.7 Å². The molecule has 0 saturated carbocycles. The summed E-state index contributed by atoms with van der Waals surface area (Å²) in [6.45, 7) is 6.41. The molecule has 0 aliphatic carbocycles. The molecular formula is C18H23N3OS. The largest absolute Gasteiger partial charge is 0.366 e. The topological polar surface area (TPSA) is 49.6 Å². The van der Waals surface area contributed by atoms with E-state index in [9.17, 15) is 4.79 Å². The second-order valence-corrected chi connectivity index (χ2v) is 7.04. The van der Waals surface area contributed by atoms with Crippen LogP contribution in [0.1, 0.15) is 20.8 Å². The first-order valence-corrected chi connectivity index (χ1v) is 8.94. The second-order valence-electron chi connectivity index (χ2n) is 6.01. The molecule has 1 amide bonds. The van der Waals surface area contributed by atoms with E-state index < -0.39 is 0 Å². The molecule has 2 aromatic rings. The van der Waals surface area contributed by atoms with Crippen LogP contribution in [0.3, 0.4) is 0 Å². The van der Waals surface area contributed by atoms with Gasteiger partial charge in [0.05, 0.1) is 0 Å². The number of carbonyl (C=O) groups excluding carboxylic acids is 1. The van der Waals surface area contributed by atoms with Gasteiger partial charge in [-0.2, -0.15) is 0 Å². The predicted molar refractivity (Wildman–Crippen MR) is 94.7 cm³/mol. The molecular weight excluding hydrogens is 306 g/mol. The normalized spacial score (nSPS) is 16.5. The number of nitrogens with zero attached hydrogens (tertiary/aromatic N) is 2. The van der Waals surface area contributed by atoms with E-state index in [1.54, 1.807) is 6.07 Å². The van der Waals surface area contributed by atoms with Crippen molar-refractivity contribution in [2.24, 2.45) is 5.73 Å². The molecule has 23 heavy (non-hydrogen) atoms. The van der Waals surface area contributed by atoms with Gasteiger partial charge in [0.2, 0.25) is 5.91 Å². The second kappa shape index (κ2) is 7.73. The van der Waals surface area contributed by atoms with Gasteiger partial charge in [-0.05, 0) is 35.6 Å². The van der Waals surface area contributed by atoms with Crippen molar-refractivity contribution in [1.82, 2.24) is 9.80 Å². The third-order valence-corrected chi connectivity index (χ3v) is 5.27. The highest BCUT2D eigenvalue weighted by atomic mass is 32.1. The smallest absolute Gasteiger partial charge is 0.248 e. The van der Waals surface area contributed by atoms with E-state index in [1.807, 2.05) is 23.5 Å². The minimum Gasteiger partial charge on any atom is -0.366 e. The maximum absolute atomic E-state index is 11.3. The molecule has 4 nitrogen and oxygen atoms in total. The molecule has 0 atom stereocenters. The van der Waals surface area contributed by atoms with Gasteiger partial charge in [-0.3, -0.25) is 9.69 Å². The van der Waals surface area contributed by atoms with Gasteiger partial charge in [-0.15, -0.1) is 11.3 Å². The highest BCUT2D eigenvalue weighted by molar-refractivity contribution is 7.09. The van der Waals surface area contributed by atoms with Crippen LogP contribution in [0.2, 0.25) is 0 Å². The summed E-state index contributed by atoms with van der Waals surface area (Å²) in [6.07, 6.45) is 1.15. The van der Waals surface area contributed by atoms with Gasteiger partial charge < -0.3 is 10.6 Å². The Morgan fingerprint density at radius 3 is 2.57 bits per heavy atom. The third kappa shape index (κ3) is 4.64. The van der Waals surface area contributed by atoms with Gasteiger partial charge in [0.25, 0.3) is 0 Å². The average molecular weight is 329 g/mol. The fourth-order valence-electron chi connectivity index (χ4n) is 2.98. The van der Waals surface area contributed by atoms with Gasteiger partial charge in [-0.25, -0.2) is 0 Å². The average Bonchev–Trinajstić information content (AvgIpc) is 3.08. The quantitative estimate of drug-likeness (QED) is 0.884. The molecule has 1 saturated heterocycles. The first-order valence-electron chi connectivity index (χ1n) is 8.06. The molecule has 1 aromatic carbocycles. The summed E-state index contributed by atoms with van der Waals surface area (Å²) in [5.41, 5.74) is 7.10. The summed E-state index contributed by atoms with van der Waals surface area (Å²) < 4.78 is 0. The number of amides is 1. The molecule has 3 rings (SSSR count). The minimum atomic E-state index is -0.356. The van der Waals surface area contributed by atoms with E-state index in [2.05, 4.69) is 33.4 Å². The molecule has 2 heterocycles. The van der Waals surface area contributed by atoms with Crippen molar-refractivity contribution >= 4 is 17.2 Å². The minimum absolute atomic E-state index is 0.356. The highest BCUT2D eigenvalue weighted by Crippen LogP contribution is 2.13. The molecule has 1 aliphatic heterocycles. The molecule has 0 spiro atoms. The number of hydrogen-bond donors (Lipinski definition) is 1. The Morgan fingerprint density at radius 2 is 1.87 bits per heavy atom. The molecule has 1 fully saturated rings. The number of thiophene rings is 1. The van der Waals surface area contributed by atoms with Crippen molar-refractivity contribution in [3.05, 3.63) is 57.8 Å². The van der Waals surface area contributed by atoms with E-state index in [0.29, 0.717) is 5.56 Å². The van der Waals surface area contributed by atoms with E-state index in [4.69, 9.17) is 5.73 Å². The lowest BCUT2D eigenvalue weighted by atomic mass is 10.1. The maximum atomic E-state index is 11.3. The van der Waals surface area contributed by atoms with Crippen LogP contribution in [-0.2, 0) is 13.0 Å². The van der Waals surface area contributed by atoms with E-state index >= 15 is 0 Å². The van der Waals surface area contributed by atoms with E-state index in [1.165, 1.54) is 4.88 Å². The van der Waals surface area contributed by atoms with Crippen LogP contribution in [0.4, 0.5) is 0 Å². The monoisotopic (exact) mass is 329 g/mol. The SMILES string of the molecule is NC(=O)c1cccc(CN2CCN(CCc3cccs3)CC2)c1. The first kappa shape index (κ1) is 16.2. The van der Waals surface area contributed by atoms with E-state index in [0.717, 1.165) is 51.3 Å². The Hall–Kier alpha value is -1.69. The lowest BCUT2D eigenvalue weighted by molar-refractivity contribution is 0.1000. The van der Waals surface area contributed by atoms with Crippen LogP contribution in [0.5, 0.6) is 0 Å². The summed E-state index contributed by atoms with van der Waals surface area (Å²) in [4.78, 5) is 17.7. The molecule has 5 heteroatoms. The van der Waals surface area contributed by atoms with Crippen molar-refractivity contribution in [2.75, 3.05) is 32.7 Å². The fourth-order valence-corrected chi connectivity index (χ4v) is 3.67. The Labute approximate surface area is 141 Å². The Morgan fingerprint density at radius 1 is 1.09 bits per heavy atom. The zero-order chi connectivity index (χ0) is 16.1. The number of carbonyl (C=O) groups is 1. The summed E-state index contributed by atoms with van der Waals surface area (Å²) in [5, 5.41) is 2.15. The number of rotatable bonds is 6. The van der Waals surface area contributed by atoms with E-state index in [-0.39, 0.29) is 5.91 Å². The Bertz CT molecular complexity index is 633. The van der Waals surface area contributed by atoms with Crippen molar-refractivity contribution in [3.63, 3.8) is 0 Å². The Kier molecular flexibility index (Phi) is 5.43. The molecule has 1 aliphatic rings. The van der Waals surface area contributed by atoms with Crippen molar-refractivity contribution in [3.8, 4) is 0 Å². The van der Waals surface area contributed by atoms with Gasteiger partial charge in [0.1, 0.15) is 0 Å². The standard InChI is InChI=1S/C18H23N3OS/c19-18(22)16-4-1-3-15(13-16)14-21-10-8-20(9-11-21)7-6-17-5-2-12-23-17/h1-5,12-13H,6-11,14H2,(H2,19,22). The molecule has 0 radical (unpaired) electrons. The van der Waals surface area contributed by atoms with Crippen LogP contribution in [0.25, 0.3) is 0 Å². The summed E-state index contributed by atoms with van der Waals surface area (Å²) in [6, 6.07) is 12.0. The predicted octanol–water partition coefficient (Wildman–Crippen LogP) is 2.21. The zero-order valence-corrected chi connectivity index (χ0v) is 14.1.